The molecule has 0 aliphatic carbocycles. The van der Waals surface area contributed by atoms with E-state index in [-0.39, 0.29) is 11.9 Å². The minimum atomic E-state index is -0.407. The van der Waals surface area contributed by atoms with Crippen molar-refractivity contribution in [3.63, 3.8) is 0 Å². The number of likely N-dealkylation sites (tertiary alicyclic amines) is 1. The third-order valence-corrected chi connectivity index (χ3v) is 3.36. The fourth-order valence-electron chi connectivity index (χ4n) is 1.80. The monoisotopic (exact) mass is 286 g/mol. The average Bonchev–Trinajstić information content (AvgIpc) is 2.67. The molecule has 16 heavy (non-hydrogen) atoms. The molecule has 1 saturated heterocycles. The minimum absolute atomic E-state index is 0.0382. The molecule has 2 rings (SSSR count). The SMILES string of the molecule is NC1CCN(C(=O)c2cc(F)ccc2Br)C1. The van der Waals surface area contributed by atoms with E-state index in [1.165, 1.54) is 12.1 Å². The Balaban J connectivity index is 2.23. The van der Waals surface area contributed by atoms with Crippen LogP contribution in [0.25, 0.3) is 0 Å². The summed E-state index contributed by atoms with van der Waals surface area (Å²) in [6.45, 7) is 1.19. The van der Waals surface area contributed by atoms with Gasteiger partial charge in [0.05, 0.1) is 5.56 Å². The molecule has 0 bridgehead atoms. The van der Waals surface area contributed by atoms with Crippen LogP contribution in [-0.4, -0.2) is 29.9 Å². The maximum atomic E-state index is 13.1. The molecule has 1 heterocycles. The molecule has 1 atom stereocenters. The van der Waals surface area contributed by atoms with Crippen molar-refractivity contribution in [3.8, 4) is 0 Å². The fraction of sp³-hybridized carbons (Fsp3) is 0.364. The van der Waals surface area contributed by atoms with E-state index in [4.69, 9.17) is 5.73 Å². The van der Waals surface area contributed by atoms with E-state index in [2.05, 4.69) is 15.9 Å². The molecule has 1 amide bonds. The van der Waals surface area contributed by atoms with Gasteiger partial charge in [-0.25, -0.2) is 4.39 Å². The van der Waals surface area contributed by atoms with Crippen LogP contribution in [0.4, 0.5) is 4.39 Å². The van der Waals surface area contributed by atoms with Crippen molar-refractivity contribution in [2.24, 2.45) is 5.73 Å². The van der Waals surface area contributed by atoms with Gasteiger partial charge < -0.3 is 10.6 Å². The van der Waals surface area contributed by atoms with Gasteiger partial charge in [-0.2, -0.15) is 0 Å². The van der Waals surface area contributed by atoms with Crippen LogP contribution in [0.5, 0.6) is 0 Å². The summed E-state index contributed by atoms with van der Waals surface area (Å²) in [5.74, 6) is -0.575. The minimum Gasteiger partial charge on any atom is -0.337 e. The maximum absolute atomic E-state index is 13.1. The number of carbonyl (C=O) groups excluding carboxylic acids is 1. The Kier molecular flexibility index (Phi) is 3.25. The second-order valence-corrected chi connectivity index (χ2v) is 4.78. The Labute approximate surface area is 102 Å². The summed E-state index contributed by atoms with van der Waals surface area (Å²) in [7, 11) is 0. The normalized spacial score (nSPS) is 20.2. The summed E-state index contributed by atoms with van der Waals surface area (Å²) in [4.78, 5) is 13.7. The van der Waals surface area contributed by atoms with Gasteiger partial charge >= 0.3 is 0 Å². The van der Waals surface area contributed by atoms with Gasteiger partial charge in [-0.3, -0.25) is 4.79 Å². The van der Waals surface area contributed by atoms with Crippen molar-refractivity contribution >= 4 is 21.8 Å². The molecular weight excluding hydrogens is 275 g/mol. The summed E-state index contributed by atoms with van der Waals surface area (Å²) in [5.41, 5.74) is 6.08. The summed E-state index contributed by atoms with van der Waals surface area (Å²) in [6.07, 6.45) is 0.804. The molecular formula is C11H12BrFN2O. The maximum Gasteiger partial charge on any atom is 0.255 e. The highest BCUT2D eigenvalue weighted by Crippen LogP contribution is 2.21. The van der Waals surface area contributed by atoms with E-state index in [1.807, 2.05) is 0 Å². The number of carbonyl (C=O) groups is 1. The number of hydrogen-bond acceptors (Lipinski definition) is 2. The number of amides is 1. The van der Waals surface area contributed by atoms with E-state index in [0.717, 1.165) is 6.42 Å². The standard InChI is InChI=1S/C11H12BrFN2O/c12-10-2-1-7(13)5-9(10)11(16)15-4-3-8(14)6-15/h1-2,5,8H,3-4,6,14H2. The average molecular weight is 287 g/mol. The molecule has 0 saturated carbocycles. The predicted molar refractivity (Wildman–Crippen MR) is 62.6 cm³/mol. The molecule has 1 fully saturated rings. The second-order valence-electron chi connectivity index (χ2n) is 3.92. The first-order chi connectivity index (χ1) is 7.58. The Morgan fingerprint density at radius 2 is 2.31 bits per heavy atom. The summed E-state index contributed by atoms with van der Waals surface area (Å²) in [5, 5.41) is 0. The van der Waals surface area contributed by atoms with E-state index in [0.29, 0.717) is 23.1 Å². The van der Waals surface area contributed by atoms with Crippen molar-refractivity contribution in [1.82, 2.24) is 4.90 Å². The third-order valence-electron chi connectivity index (χ3n) is 2.67. The van der Waals surface area contributed by atoms with Crippen molar-refractivity contribution in [1.29, 1.82) is 0 Å². The third kappa shape index (κ3) is 2.25. The van der Waals surface area contributed by atoms with Crippen molar-refractivity contribution in [2.45, 2.75) is 12.5 Å². The zero-order valence-corrected chi connectivity index (χ0v) is 10.2. The smallest absolute Gasteiger partial charge is 0.255 e. The lowest BCUT2D eigenvalue weighted by Gasteiger charge is -2.16. The Morgan fingerprint density at radius 3 is 2.94 bits per heavy atom. The molecule has 1 aromatic carbocycles. The number of rotatable bonds is 1. The lowest BCUT2D eigenvalue weighted by Crippen LogP contribution is -2.32. The summed E-state index contributed by atoms with van der Waals surface area (Å²) >= 11 is 3.25. The lowest BCUT2D eigenvalue weighted by molar-refractivity contribution is 0.0789. The molecule has 2 N–H and O–H groups in total. The molecule has 5 heteroatoms. The Bertz CT molecular complexity index is 424. The van der Waals surface area contributed by atoms with Gasteiger partial charge in [0.2, 0.25) is 0 Å². The van der Waals surface area contributed by atoms with Crippen molar-refractivity contribution in [2.75, 3.05) is 13.1 Å². The molecule has 1 aromatic rings. The quantitative estimate of drug-likeness (QED) is 0.855. The van der Waals surface area contributed by atoms with Crippen LogP contribution in [0.3, 0.4) is 0 Å². The lowest BCUT2D eigenvalue weighted by atomic mass is 10.2. The molecule has 0 radical (unpaired) electrons. The van der Waals surface area contributed by atoms with E-state index >= 15 is 0 Å². The molecule has 1 unspecified atom stereocenters. The molecule has 0 aromatic heterocycles. The van der Waals surface area contributed by atoms with Crippen LogP contribution in [0.2, 0.25) is 0 Å². The largest absolute Gasteiger partial charge is 0.337 e. The van der Waals surface area contributed by atoms with E-state index < -0.39 is 5.82 Å². The highest BCUT2D eigenvalue weighted by Gasteiger charge is 2.25. The predicted octanol–water partition coefficient (Wildman–Crippen LogP) is 1.76. The molecule has 0 spiro atoms. The molecule has 86 valence electrons. The van der Waals surface area contributed by atoms with Crippen molar-refractivity contribution < 1.29 is 9.18 Å². The van der Waals surface area contributed by atoms with Crippen LogP contribution in [0.1, 0.15) is 16.8 Å². The van der Waals surface area contributed by atoms with Gasteiger partial charge in [-0.05, 0) is 40.5 Å². The number of halogens is 2. The van der Waals surface area contributed by atoms with E-state index in [9.17, 15) is 9.18 Å². The van der Waals surface area contributed by atoms with Crippen molar-refractivity contribution in [3.05, 3.63) is 34.1 Å². The highest BCUT2D eigenvalue weighted by atomic mass is 79.9. The van der Waals surface area contributed by atoms with Crippen LogP contribution >= 0.6 is 15.9 Å². The number of nitrogens with two attached hydrogens (primary N) is 1. The first-order valence-corrected chi connectivity index (χ1v) is 5.87. The van der Waals surface area contributed by atoms with Gasteiger partial charge in [0.15, 0.2) is 0 Å². The van der Waals surface area contributed by atoms with Gasteiger partial charge in [-0.15, -0.1) is 0 Å². The topological polar surface area (TPSA) is 46.3 Å². The molecule has 1 aliphatic heterocycles. The molecule has 3 nitrogen and oxygen atoms in total. The van der Waals surface area contributed by atoms with Crippen LogP contribution in [-0.2, 0) is 0 Å². The highest BCUT2D eigenvalue weighted by molar-refractivity contribution is 9.10. The van der Waals surface area contributed by atoms with Crippen LogP contribution < -0.4 is 5.73 Å². The molecule has 1 aliphatic rings. The zero-order valence-electron chi connectivity index (χ0n) is 8.62. The Morgan fingerprint density at radius 1 is 1.56 bits per heavy atom. The number of nitrogens with zero attached hydrogens (tertiary/aromatic N) is 1. The Hall–Kier alpha value is -0.940. The summed E-state index contributed by atoms with van der Waals surface area (Å²) < 4.78 is 13.7. The number of hydrogen-bond donors (Lipinski definition) is 1. The summed E-state index contributed by atoms with van der Waals surface area (Å²) in [6, 6.07) is 4.14. The van der Waals surface area contributed by atoms with Gasteiger partial charge in [0, 0.05) is 23.6 Å². The van der Waals surface area contributed by atoms with Crippen LogP contribution in [0.15, 0.2) is 22.7 Å². The van der Waals surface area contributed by atoms with Crippen LogP contribution in [0, 0.1) is 5.82 Å². The van der Waals surface area contributed by atoms with Gasteiger partial charge in [0.25, 0.3) is 5.91 Å². The zero-order chi connectivity index (χ0) is 11.7. The first kappa shape index (κ1) is 11.5. The van der Waals surface area contributed by atoms with Gasteiger partial charge in [-0.1, -0.05) is 0 Å². The van der Waals surface area contributed by atoms with Gasteiger partial charge in [0.1, 0.15) is 5.82 Å². The first-order valence-electron chi connectivity index (χ1n) is 5.08. The second kappa shape index (κ2) is 4.51. The number of benzene rings is 1. The fourth-order valence-corrected chi connectivity index (χ4v) is 2.22. The van der Waals surface area contributed by atoms with E-state index in [1.54, 1.807) is 11.0 Å².